The Labute approximate surface area is 119 Å². The summed E-state index contributed by atoms with van der Waals surface area (Å²) in [6, 6.07) is 11.5. The summed E-state index contributed by atoms with van der Waals surface area (Å²) in [7, 11) is 0. The fourth-order valence-electron chi connectivity index (χ4n) is 2.16. The van der Waals surface area contributed by atoms with Crippen LogP contribution in [0, 0.1) is 12.3 Å². The Bertz CT molecular complexity index is 670. The monoisotopic (exact) mass is 266 g/mol. The van der Waals surface area contributed by atoms with Crippen LogP contribution in [-0.2, 0) is 0 Å². The lowest BCUT2D eigenvalue weighted by Crippen LogP contribution is -2.34. The number of hydrogen-bond acceptors (Lipinski definition) is 2. The van der Waals surface area contributed by atoms with Gasteiger partial charge in [-0.3, -0.25) is 4.79 Å². The number of amides is 1. The summed E-state index contributed by atoms with van der Waals surface area (Å²) in [5.41, 5.74) is 6.96. The Morgan fingerprint density at radius 1 is 1.35 bits per heavy atom. The van der Waals surface area contributed by atoms with Crippen molar-refractivity contribution >= 4 is 22.4 Å². The first-order chi connectivity index (χ1) is 9.65. The maximum atomic E-state index is 12.3. The van der Waals surface area contributed by atoms with Crippen molar-refractivity contribution in [2.24, 2.45) is 0 Å². The van der Waals surface area contributed by atoms with Gasteiger partial charge >= 0.3 is 0 Å². The number of carbonyl (C=O) groups excluding carboxylic acids is 1. The predicted octanol–water partition coefficient (Wildman–Crippen LogP) is 2.95. The molecule has 3 nitrogen and oxygen atoms in total. The average Bonchev–Trinajstić information content (AvgIpc) is 2.45. The normalized spacial score (nSPS) is 11.8. The third kappa shape index (κ3) is 2.92. The van der Waals surface area contributed by atoms with E-state index in [0.717, 1.165) is 17.2 Å². The van der Waals surface area contributed by atoms with Gasteiger partial charge in [0.15, 0.2) is 0 Å². The predicted molar refractivity (Wildman–Crippen MR) is 83.4 cm³/mol. The van der Waals surface area contributed by atoms with Crippen molar-refractivity contribution in [1.29, 1.82) is 0 Å². The minimum absolute atomic E-state index is 0.0154. The number of nitrogen functional groups attached to an aromatic ring is 1. The lowest BCUT2D eigenvalue weighted by atomic mass is 10.0. The van der Waals surface area contributed by atoms with Crippen LogP contribution in [0.1, 0.15) is 30.1 Å². The number of benzene rings is 2. The summed E-state index contributed by atoms with van der Waals surface area (Å²) in [4.78, 5) is 12.3. The second-order valence-corrected chi connectivity index (χ2v) is 4.77. The first-order valence-electron chi connectivity index (χ1n) is 6.68. The van der Waals surface area contributed by atoms with E-state index in [1.54, 1.807) is 0 Å². The molecule has 1 amide bonds. The summed E-state index contributed by atoms with van der Waals surface area (Å²) in [6.45, 7) is 1.99. The quantitative estimate of drug-likeness (QED) is 0.660. The standard InChI is InChI=1S/C17H18N2O/c1-3-7-14(4-2)19-17(20)15-10-12-8-5-6-9-13(12)11-16(15)18/h1,5-6,8-11,14H,4,7,18H2,2H3,(H,19,20). The number of nitrogens with one attached hydrogen (secondary N) is 1. The van der Waals surface area contributed by atoms with Gasteiger partial charge in [0, 0.05) is 18.2 Å². The minimum Gasteiger partial charge on any atom is -0.398 e. The highest BCUT2D eigenvalue weighted by atomic mass is 16.1. The number of hydrogen-bond donors (Lipinski definition) is 2. The van der Waals surface area contributed by atoms with Crippen LogP contribution >= 0.6 is 0 Å². The molecule has 0 aliphatic rings. The highest BCUT2D eigenvalue weighted by Gasteiger charge is 2.14. The highest BCUT2D eigenvalue weighted by Crippen LogP contribution is 2.22. The third-order valence-electron chi connectivity index (χ3n) is 3.35. The van der Waals surface area contributed by atoms with E-state index in [1.807, 2.05) is 43.3 Å². The smallest absolute Gasteiger partial charge is 0.253 e. The van der Waals surface area contributed by atoms with Crippen LogP contribution in [0.4, 0.5) is 5.69 Å². The van der Waals surface area contributed by atoms with Gasteiger partial charge in [-0.05, 0) is 29.3 Å². The maximum absolute atomic E-state index is 12.3. The average molecular weight is 266 g/mol. The molecular weight excluding hydrogens is 248 g/mol. The zero-order valence-corrected chi connectivity index (χ0v) is 11.5. The topological polar surface area (TPSA) is 55.1 Å². The van der Waals surface area contributed by atoms with Crippen molar-refractivity contribution in [2.75, 3.05) is 5.73 Å². The third-order valence-corrected chi connectivity index (χ3v) is 3.35. The summed E-state index contributed by atoms with van der Waals surface area (Å²) >= 11 is 0. The van der Waals surface area contributed by atoms with Crippen molar-refractivity contribution in [1.82, 2.24) is 5.32 Å². The number of fused-ring (bicyclic) bond motifs is 1. The number of rotatable bonds is 4. The molecule has 3 heteroatoms. The Hall–Kier alpha value is -2.47. The molecule has 2 rings (SSSR count). The second-order valence-electron chi connectivity index (χ2n) is 4.77. The molecule has 0 aromatic heterocycles. The molecule has 0 heterocycles. The molecule has 0 fully saturated rings. The molecule has 1 unspecified atom stereocenters. The van der Waals surface area contributed by atoms with Crippen molar-refractivity contribution in [2.45, 2.75) is 25.8 Å². The fourth-order valence-corrected chi connectivity index (χ4v) is 2.16. The SMILES string of the molecule is C#CCC(CC)NC(=O)c1cc2ccccc2cc1N. The second kappa shape index (κ2) is 6.12. The van der Waals surface area contributed by atoms with Crippen LogP contribution < -0.4 is 11.1 Å². The first-order valence-corrected chi connectivity index (χ1v) is 6.68. The van der Waals surface area contributed by atoms with Crippen LogP contribution in [0.15, 0.2) is 36.4 Å². The Balaban J connectivity index is 2.30. The summed E-state index contributed by atoms with van der Waals surface area (Å²) < 4.78 is 0. The van der Waals surface area contributed by atoms with E-state index in [9.17, 15) is 4.79 Å². The van der Waals surface area contributed by atoms with E-state index in [1.165, 1.54) is 0 Å². The van der Waals surface area contributed by atoms with Gasteiger partial charge in [0.2, 0.25) is 0 Å². The number of carbonyl (C=O) groups is 1. The lowest BCUT2D eigenvalue weighted by molar-refractivity contribution is 0.0938. The maximum Gasteiger partial charge on any atom is 0.253 e. The van der Waals surface area contributed by atoms with Gasteiger partial charge in [-0.2, -0.15) is 0 Å². The highest BCUT2D eigenvalue weighted by molar-refractivity contribution is 6.04. The number of nitrogens with two attached hydrogens (primary N) is 1. The van der Waals surface area contributed by atoms with E-state index in [2.05, 4.69) is 11.2 Å². The van der Waals surface area contributed by atoms with E-state index >= 15 is 0 Å². The summed E-state index contributed by atoms with van der Waals surface area (Å²) in [5, 5.41) is 4.95. The van der Waals surface area contributed by atoms with E-state index < -0.39 is 0 Å². The van der Waals surface area contributed by atoms with Crippen molar-refractivity contribution in [3.8, 4) is 12.3 Å². The lowest BCUT2D eigenvalue weighted by Gasteiger charge is -2.15. The molecule has 1 atom stereocenters. The van der Waals surface area contributed by atoms with Gasteiger partial charge in [-0.25, -0.2) is 0 Å². The molecule has 0 saturated carbocycles. The molecule has 0 radical (unpaired) electrons. The van der Waals surface area contributed by atoms with Gasteiger partial charge in [-0.15, -0.1) is 12.3 Å². The molecule has 0 aliphatic carbocycles. The van der Waals surface area contributed by atoms with Crippen molar-refractivity contribution in [3.05, 3.63) is 42.0 Å². The molecule has 2 aromatic carbocycles. The molecule has 0 saturated heterocycles. The molecular formula is C17H18N2O. The van der Waals surface area contributed by atoms with Crippen molar-refractivity contribution < 1.29 is 4.79 Å². The molecule has 0 spiro atoms. The molecule has 20 heavy (non-hydrogen) atoms. The summed E-state index contributed by atoms with van der Waals surface area (Å²) in [6.07, 6.45) is 6.62. The molecule has 2 aromatic rings. The zero-order valence-electron chi connectivity index (χ0n) is 11.5. The number of anilines is 1. The van der Waals surface area contributed by atoms with Crippen LogP contribution in [0.5, 0.6) is 0 Å². The number of terminal acetylenes is 1. The Morgan fingerprint density at radius 2 is 2.00 bits per heavy atom. The first kappa shape index (κ1) is 14.0. The van der Waals surface area contributed by atoms with Crippen LogP contribution in [0.3, 0.4) is 0 Å². The molecule has 102 valence electrons. The van der Waals surface area contributed by atoms with Gasteiger partial charge in [-0.1, -0.05) is 31.2 Å². The summed E-state index contributed by atoms with van der Waals surface area (Å²) in [5.74, 6) is 2.40. The largest absolute Gasteiger partial charge is 0.398 e. The van der Waals surface area contributed by atoms with Crippen LogP contribution in [0.25, 0.3) is 10.8 Å². The van der Waals surface area contributed by atoms with E-state index in [4.69, 9.17) is 12.2 Å². The van der Waals surface area contributed by atoms with Gasteiger partial charge in [0.1, 0.15) is 0 Å². The Morgan fingerprint density at radius 3 is 2.60 bits per heavy atom. The van der Waals surface area contributed by atoms with Crippen molar-refractivity contribution in [3.63, 3.8) is 0 Å². The van der Waals surface area contributed by atoms with Crippen LogP contribution in [-0.4, -0.2) is 11.9 Å². The van der Waals surface area contributed by atoms with Gasteiger partial charge < -0.3 is 11.1 Å². The van der Waals surface area contributed by atoms with Gasteiger partial charge in [0.05, 0.1) is 5.56 Å². The Kier molecular flexibility index (Phi) is 4.27. The molecule has 3 N–H and O–H groups in total. The van der Waals surface area contributed by atoms with Crippen LogP contribution in [0.2, 0.25) is 0 Å². The van der Waals surface area contributed by atoms with Gasteiger partial charge in [0.25, 0.3) is 5.91 Å². The fraction of sp³-hybridized carbons (Fsp3) is 0.235. The van der Waals surface area contributed by atoms with E-state index in [0.29, 0.717) is 17.7 Å². The molecule has 0 aliphatic heterocycles. The van der Waals surface area contributed by atoms with E-state index in [-0.39, 0.29) is 11.9 Å². The minimum atomic E-state index is -0.171. The molecule has 0 bridgehead atoms. The zero-order chi connectivity index (χ0) is 14.5.